The van der Waals surface area contributed by atoms with Crippen molar-refractivity contribution in [1.82, 2.24) is 9.78 Å². The summed E-state index contributed by atoms with van der Waals surface area (Å²) in [4.78, 5) is 10.8. The van der Waals surface area contributed by atoms with Gasteiger partial charge in [0, 0.05) is 43.7 Å². The van der Waals surface area contributed by atoms with Gasteiger partial charge in [0.2, 0.25) is 0 Å². The van der Waals surface area contributed by atoms with Crippen molar-refractivity contribution in [2.24, 2.45) is 7.05 Å². The zero-order valence-corrected chi connectivity index (χ0v) is 14.2. The number of fused-ring (bicyclic) bond motifs is 1. The highest BCUT2D eigenvalue weighted by atomic mass is 16.1. The molecule has 0 fully saturated rings. The average Bonchev–Trinajstić information content (AvgIpc) is 2.94. The number of hydrogen-bond acceptors (Lipinski definition) is 4. The fraction of sp³-hybridized carbons (Fsp3) is 0.263. The Hall–Kier alpha value is -2.82. The first kappa shape index (κ1) is 16.1. The second kappa shape index (κ2) is 6.74. The van der Waals surface area contributed by atoms with Crippen LogP contribution in [0.3, 0.4) is 0 Å². The fourth-order valence-corrected chi connectivity index (χ4v) is 2.92. The molecule has 0 aliphatic heterocycles. The SMILES string of the molecule is CNc1cccc(-c2ccc3nn(C)cc3c2)c1NC(C)CC=O. The third kappa shape index (κ3) is 3.11. The van der Waals surface area contributed by atoms with Gasteiger partial charge in [0.05, 0.1) is 16.9 Å². The Bertz CT molecular complexity index is 869. The zero-order valence-electron chi connectivity index (χ0n) is 14.2. The standard InChI is InChI=1S/C19H22N4O/c1-13(9-10-24)21-19-16(5-4-6-18(19)20-2)14-7-8-17-15(11-14)12-23(3)22-17/h4-8,10-13,20-21H,9H2,1-3H3. The minimum Gasteiger partial charge on any atom is -0.386 e. The van der Waals surface area contributed by atoms with Crippen molar-refractivity contribution in [3.8, 4) is 11.1 Å². The fourth-order valence-electron chi connectivity index (χ4n) is 2.92. The summed E-state index contributed by atoms with van der Waals surface area (Å²) in [5, 5.41) is 12.2. The van der Waals surface area contributed by atoms with E-state index >= 15 is 0 Å². The number of carbonyl (C=O) groups excluding carboxylic acids is 1. The number of para-hydroxylation sites is 1. The normalized spacial score (nSPS) is 12.1. The van der Waals surface area contributed by atoms with Gasteiger partial charge in [0.15, 0.2) is 0 Å². The molecule has 2 N–H and O–H groups in total. The van der Waals surface area contributed by atoms with Gasteiger partial charge in [0.1, 0.15) is 6.29 Å². The predicted molar refractivity (Wildman–Crippen MR) is 99.5 cm³/mol. The lowest BCUT2D eigenvalue weighted by Crippen LogP contribution is -2.17. The molecule has 3 aromatic rings. The van der Waals surface area contributed by atoms with Gasteiger partial charge in [0.25, 0.3) is 0 Å². The van der Waals surface area contributed by atoms with E-state index in [4.69, 9.17) is 0 Å². The Balaban J connectivity index is 2.08. The van der Waals surface area contributed by atoms with E-state index in [1.165, 1.54) is 0 Å². The molecule has 0 saturated carbocycles. The second-order valence-electron chi connectivity index (χ2n) is 6.00. The van der Waals surface area contributed by atoms with Gasteiger partial charge in [-0.15, -0.1) is 0 Å². The molecule has 1 atom stereocenters. The molecule has 5 nitrogen and oxygen atoms in total. The first-order chi connectivity index (χ1) is 11.6. The minimum absolute atomic E-state index is 0.0675. The van der Waals surface area contributed by atoms with Crippen LogP contribution in [-0.2, 0) is 11.8 Å². The summed E-state index contributed by atoms with van der Waals surface area (Å²) < 4.78 is 1.82. The predicted octanol–water partition coefficient (Wildman–Crippen LogP) is 3.67. The molecule has 0 amide bonds. The van der Waals surface area contributed by atoms with Crippen LogP contribution >= 0.6 is 0 Å². The number of nitrogens with zero attached hydrogens (tertiary/aromatic N) is 2. The van der Waals surface area contributed by atoms with Crippen molar-refractivity contribution >= 4 is 28.6 Å². The molecule has 0 radical (unpaired) electrons. The van der Waals surface area contributed by atoms with Crippen LogP contribution in [0.25, 0.3) is 22.0 Å². The van der Waals surface area contributed by atoms with Gasteiger partial charge >= 0.3 is 0 Å². The van der Waals surface area contributed by atoms with Crippen LogP contribution in [-0.4, -0.2) is 29.2 Å². The van der Waals surface area contributed by atoms with E-state index in [9.17, 15) is 4.79 Å². The van der Waals surface area contributed by atoms with E-state index in [2.05, 4.69) is 33.9 Å². The highest BCUT2D eigenvalue weighted by Gasteiger charge is 2.13. The molecule has 0 saturated heterocycles. The number of benzene rings is 2. The van der Waals surface area contributed by atoms with E-state index in [1.807, 2.05) is 50.1 Å². The highest BCUT2D eigenvalue weighted by Crippen LogP contribution is 2.36. The Labute approximate surface area is 141 Å². The van der Waals surface area contributed by atoms with Crippen molar-refractivity contribution in [3.05, 3.63) is 42.6 Å². The number of rotatable bonds is 6. The molecular formula is C19H22N4O. The van der Waals surface area contributed by atoms with Crippen LogP contribution in [0.2, 0.25) is 0 Å². The molecule has 1 heterocycles. The van der Waals surface area contributed by atoms with E-state index in [0.29, 0.717) is 6.42 Å². The van der Waals surface area contributed by atoms with Gasteiger partial charge in [-0.3, -0.25) is 4.68 Å². The van der Waals surface area contributed by atoms with Gasteiger partial charge in [-0.2, -0.15) is 5.10 Å². The number of anilines is 2. The maximum atomic E-state index is 10.8. The van der Waals surface area contributed by atoms with Crippen molar-refractivity contribution in [2.75, 3.05) is 17.7 Å². The Kier molecular flexibility index (Phi) is 4.51. The first-order valence-electron chi connectivity index (χ1n) is 8.07. The van der Waals surface area contributed by atoms with E-state index < -0.39 is 0 Å². The Morgan fingerprint density at radius 3 is 2.88 bits per heavy atom. The monoisotopic (exact) mass is 322 g/mol. The topological polar surface area (TPSA) is 59.0 Å². The molecule has 0 aliphatic rings. The lowest BCUT2D eigenvalue weighted by molar-refractivity contribution is -0.107. The molecule has 5 heteroatoms. The number of aldehydes is 1. The molecule has 1 unspecified atom stereocenters. The first-order valence-corrected chi connectivity index (χ1v) is 8.07. The highest BCUT2D eigenvalue weighted by molar-refractivity contribution is 5.91. The van der Waals surface area contributed by atoms with E-state index in [0.717, 1.165) is 39.7 Å². The summed E-state index contributed by atoms with van der Waals surface area (Å²) in [6, 6.07) is 12.5. The number of hydrogen-bond donors (Lipinski definition) is 2. The Morgan fingerprint density at radius 1 is 1.29 bits per heavy atom. The summed E-state index contributed by atoms with van der Waals surface area (Å²) in [5.41, 5.74) is 5.22. The molecule has 124 valence electrons. The number of aromatic nitrogens is 2. The van der Waals surface area contributed by atoms with Gasteiger partial charge in [-0.05, 0) is 30.7 Å². The summed E-state index contributed by atoms with van der Waals surface area (Å²) in [6.07, 6.45) is 3.43. The van der Waals surface area contributed by atoms with Crippen molar-refractivity contribution in [3.63, 3.8) is 0 Å². The van der Waals surface area contributed by atoms with E-state index in [-0.39, 0.29) is 6.04 Å². The molecule has 0 aliphatic carbocycles. The Morgan fingerprint density at radius 2 is 2.12 bits per heavy atom. The summed E-state index contributed by atoms with van der Waals surface area (Å²) in [7, 11) is 3.83. The molecule has 0 bridgehead atoms. The zero-order chi connectivity index (χ0) is 17.1. The average molecular weight is 322 g/mol. The maximum absolute atomic E-state index is 10.8. The van der Waals surface area contributed by atoms with Crippen LogP contribution in [0.15, 0.2) is 42.6 Å². The third-order valence-electron chi connectivity index (χ3n) is 4.10. The maximum Gasteiger partial charge on any atom is 0.122 e. The lowest BCUT2D eigenvalue weighted by Gasteiger charge is -2.20. The van der Waals surface area contributed by atoms with Crippen LogP contribution in [0.5, 0.6) is 0 Å². The third-order valence-corrected chi connectivity index (χ3v) is 4.10. The molecule has 0 spiro atoms. The minimum atomic E-state index is 0.0675. The summed E-state index contributed by atoms with van der Waals surface area (Å²) in [5.74, 6) is 0. The largest absolute Gasteiger partial charge is 0.386 e. The molecule has 24 heavy (non-hydrogen) atoms. The lowest BCUT2D eigenvalue weighted by atomic mass is 10.0. The molecule has 2 aromatic carbocycles. The number of aryl methyl sites for hydroxylation is 1. The molecular weight excluding hydrogens is 300 g/mol. The van der Waals surface area contributed by atoms with Crippen LogP contribution < -0.4 is 10.6 Å². The molecule has 3 rings (SSSR count). The number of nitrogens with one attached hydrogen (secondary N) is 2. The molecule has 1 aromatic heterocycles. The summed E-state index contributed by atoms with van der Waals surface area (Å²) >= 11 is 0. The summed E-state index contributed by atoms with van der Waals surface area (Å²) in [6.45, 7) is 2.01. The van der Waals surface area contributed by atoms with Crippen LogP contribution in [0.1, 0.15) is 13.3 Å². The number of carbonyl (C=O) groups is 1. The second-order valence-corrected chi connectivity index (χ2v) is 6.00. The van der Waals surface area contributed by atoms with Crippen molar-refractivity contribution in [1.29, 1.82) is 0 Å². The van der Waals surface area contributed by atoms with Gasteiger partial charge in [-0.1, -0.05) is 18.2 Å². The van der Waals surface area contributed by atoms with Crippen molar-refractivity contribution < 1.29 is 4.79 Å². The van der Waals surface area contributed by atoms with Gasteiger partial charge < -0.3 is 15.4 Å². The van der Waals surface area contributed by atoms with Gasteiger partial charge in [-0.25, -0.2) is 0 Å². The van der Waals surface area contributed by atoms with Crippen molar-refractivity contribution in [2.45, 2.75) is 19.4 Å². The van der Waals surface area contributed by atoms with Crippen LogP contribution in [0.4, 0.5) is 11.4 Å². The van der Waals surface area contributed by atoms with E-state index in [1.54, 1.807) is 0 Å². The smallest absolute Gasteiger partial charge is 0.122 e. The quantitative estimate of drug-likeness (QED) is 0.680. The van der Waals surface area contributed by atoms with Crippen LogP contribution in [0, 0.1) is 0 Å².